The van der Waals surface area contributed by atoms with Crippen LogP contribution in [0.2, 0.25) is 0 Å². The highest BCUT2D eigenvalue weighted by molar-refractivity contribution is 5.94. The van der Waals surface area contributed by atoms with E-state index in [1.165, 1.54) is 0 Å². The number of carbonyl (C=O) groups excluding carboxylic acids is 1. The van der Waals surface area contributed by atoms with E-state index in [2.05, 4.69) is 11.9 Å². The van der Waals surface area contributed by atoms with Crippen molar-refractivity contribution in [3.8, 4) is 5.75 Å². The molecule has 1 aromatic rings. The van der Waals surface area contributed by atoms with Crippen LogP contribution in [-0.2, 0) is 11.2 Å². The van der Waals surface area contributed by atoms with Gasteiger partial charge in [-0.05, 0) is 36.6 Å². The van der Waals surface area contributed by atoms with E-state index in [4.69, 9.17) is 9.47 Å². The third-order valence-corrected chi connectivity index (χ3v) is 2.72. The average Bonchev–Trinajstić information content (AvgIpc) is 2.43. The molecular formula is C15H21NO3. The summed E-state index contributed by atoms with van der Waals surface area (Å²) in [6, 6.07) is 5.41. The molecule has 0 aliphatic rings. The van der Waals surface area contributed by atoms with Crippen LogP contribution < -0.4 is 10.1 Å². The van der Waals surface area contributed by atoms with Gasteiger partial charge in [-0.3, -0.25) is 4.79 Å². The van der Waals surface area contributed by atoms with Crippen molar-refractivity contribution in [2.24, 2.45) is 0 Å². The molecule has 104 valence electrons. The lowest BCUT2D eigenvalue weighted by molar-refractivity contribution is 0.0948. The maximum absolute atomic E-state index is 11.9. The highest BCUT2D eigenvalue weighted by Gasteiger charge is 2.09. The molecule has 0 aliphatic carbocycles. The van der Waals surface area contributed by atoms with Gasteiger partial charge < -0.3 is 14.8 Å². The molecule has 19 heavy (non-hydrogen) atoms. The summed E-state index contributed by atoms with van der Waals surface area (Å²) in [6.45, 7) is 4.96. The van der Waals surface area contributed by atoms with Crippen molar-refractivity contribution in [2.45, 2.75) is 12.8 Å². The molecule has 1 rings (SSSR count). The van der Waals surface area contributed by atoms with Gasteiger partial charge in [0.2, 0.25) is 0 Å². The van der Waals surface area contributed by atoms with Crippen LogP contribution in [0.5, 0.6) is 5.75 Å². The summed E-state index contributed by atoms with van der Waals surface area (Å²) < 4.78 is 10.2. The lowest BCUT2D eigenvalue weighted by Gasteiger charge is -2.10. The number of hydrogen-bond acceptors (Lipinski definition) is 3. The Kier molecular flexibility index (Phi) is 6.68. The van der Waals surface area contributed by atoms with Gasteiger partial charge in [-0.1, -0.05) is 6.08 Å². The molecule has 0 aliphatic heterocycles. The van der Waals surface area contributed by atoms with E-state index in [0.29, 0.717) is 25.1 Å². The maximum atomic E-state index is 11.9. The largest absolute Gasteiger partial charge is 0.496 e. The van der Waals surface area contributed by atoms with E-state index in [-0.39, 0.29) is 5.91 Å². The summed E-state index contributed by atoms with van der Waals surface area (Å²) >= 11 is 0. The van der Waals surface area contributed by atoms with Crippen molar-refractivity contribution in [1.29, 1.82) is 0 Å². The molecule has 0 atom stereocenters. The Morgan fingerprint density at radius 2 is 2.21 bits per heavy atom. The van der Waals surface area contributed by atoms with Gasteiger partial charge in [0.25, 0.3) is 5.91 Å². The first-order valence-electron chi connectivity index (χ1n) is 6.28. The standard InChI is InChI=1S/C15H21NO3/c1-4-6-12-11-13(7-8-14(12)19-3)15(17)16-9-5-10-18-2/h4,7-8,11H,1,5-6,9-10H2,2-3H3,(H,16,17). The zero-order chi connectivity index (χ0) is 14.1. The molecule has 0 fully saturated rings. The molecule has 1 amide bonds. The second kappa shape index (κ2) is 8.32. The minimum absolute atomic E-state index is 0.0796. The highest BCUT2D eigenvalue weighted by Crippen LogP contribution is 2.20. The maximum Gasteiger partial charge on any atom is 0.251 e. The first-order valence-corrected chi connectivity index (χ1v) is 6.28. The van der Waals surface area contributed by atoms with Crippen molar-refractivity contribution in [2.75, 3.05) is 27.4 Å². The van der Waals surface area contributed by atoms with Gasteiger partial charge in [0.1, 0.15) is 5.75 Å². The van der Waals surface area contributed by atoms with Crippen LogP contribution in [0.3, 0.4) is 0 Å². The lowest BCUT2D eigenvalue weighted by atomic mass is 10.1. The number of rotatable bonds is 8. The predicted molar refractivity (Wildman–Crippen MR) is 75.7 cm³/mol. The van der Waals surface area contributed by atoms with Gasteiger partial charge in [-0.25, -0.2) is 0 Å². The number of allylic oxidation sites excluding steroid dienone is 1. The fraction of sp³-hybridized carbons (Fsp3) is 0.400. The van der Waals surface area contributed by atoms with E-state index in [1.807, 2.05) is 12.1 Å². The van der Waals surface area contributed by atoms with Crippen molar-refractivity contribution in [1.82, 2.24) is 5.32 Å². The van der Waals surface area contributed by atoms with Crippen LogP contribution in [-0.4, -0.2) is 33.3 Å². The van der Waals surface area contributed by atoms with E-state index in [9.17, 15) is 4.79 Å². The van der Waals surface area contributed by atoms with Crippen LogP contribution in [0.25, 0.3) is 0 Å². The minimum Gasteiger partial charge on any atom is -0.496 e. The molecule has 1 aromatic carbocycles. The first-order chi connectivity index (χ1) is 9.22. The fourth-order valence-corrected chi connectivity index (χ4v) is 1.76. The highest BCUT2D eigenvalue weighted by atomic mass is 16.5. The van der Waals surface area contributed by atoms with Gasteiger partial charge in [-0.15, -0.1) is 6.58 Å². The molecule has 4 heteroatoms. The summed E-state index contributed by atoms with van der Waals surface area (Å²) in [7, 11) is 3.26. The molecule has 4 nitrogen and oxygen atoms in total. The topological polar surface area (TPSA) is 47.6 Å². The summed E-state index contributed by atoms with van der Waals surface area (Å²) in [5.74, 6) is 0.694. The molecular weight excluding hydrogens is 242 g/mol. The van der Waals surface area contributed by atoms with E-state index < -0.39 is 0 Å². The summed E-state index contributed by atoms with van der Waals surface area (Å²) in [5.41, 5.74) is 1.59. The van der Waals surface area contributed by atoms with E-state index in [0.717, 1.165) is 17.7 Å². The Bertz CT molecular complexity index is 429. The smallest absolute Gasteiger partial charge is 0.251 e. The number of ether oxygens (including phenoxy) is 2. The summed E-state index contributed by atoms with van der Waals surface area (Å²) in [5, 5.41) is 2.85. The summed E-state index contributed by atoms with van der Waals surface area (Å²) in [4.78, 5) is 11.9. The Morgan fingerprint density at radius 1 is 1.42 bits per heavy atom. The number of hydrogen-bond donors (Lipinski definition) is 1. The third-order valence-electron chi connectivity index (χ3n) is 2.72. The van der Waals surface area contributed by atoms with Crippen LogP contribution in [0.4, 0.5) is 0 Å². The van der Waals surface area contributed by atoms with Gasteiger partial charge in [0, 0.05) is 25.8 Å². The number of benzene rings is 1. The van der Waals surface area contributed by atoms with Crippen LogP contribution in [0.15, 0.2) is 30.9 Å². The van der Waals surface area contributed by atoms with Crippen LogP contribution >= 0.6 is 0 Å². The normalized spacial score (nSPS) is 10.0. The Balaban J connectivity index is 2.69. The quantitative estimate of drug-likeness (QED) is 0.577. The van der Waals surface area contributed by atoms with Crippen molar-refractivity contribution < 1.29 is 14.3 Å². The number of methoxy groups -OCH3 is 2. The summed E-state index contributed by atoms with van der Waals surface area (Å²) in [6.07, 6.45) is 3.27. The third kappa shape index (κ3) is 4.75. The van der Waals surface area contributed by atoms with Gasteiger partial charge in [-0.2, -0.15) is 0 Å². The first kappa shape index (κ1) is 15.2. The Labute approximate surface area is 114 Å². The van der Waals surface area contributed by atoms with Crippen molar-refractivity contribution in [3.05, 3.63) is 42.0 Å². The second-order valence-electron chi connectivity index (χ2n) is 4.12. The van der Waals surface area contributed by atoms with Gasteiger partial charge in [0.15, 0.2) is 0 Å². The molecule has 0 aromatic heterocycles. The van der Waals surface area contributed by atoms with Crippen LogP contribution in [0.1, 0.15) is 22.3 Å². The van der Waals surface area contributed by atoms with E-state index in [1.54, 1.807) is 26.4 Å². The lowest BCUT2D eigenvalue weighted by Crippen LogP contribution is -2.25. The number of carbonyl (C=O) groups is 1. The van der Waals surface area contributed by atoms with Crippen LogP contribution in [0, 0.1) is 0 Å². The second-order valence-corrected chi connectivity index (χ2v) is 4.12. The van der Waals surface area contributed by atoms with Gasteiger partial charge in [0.05, 0.1) is 7.11 Å². The van der Waals surface area contributed by atoms with Gasteiger partial charge >= 0.3 is 0 Å². The minimum atomic E-state index is -0.0796. The molecule has 1 N–H and O–H groups in total. The zero-order valence-electron chi connectivity index (χ0n) is 11.6. The zero-order valence-corrected chi connectivity index (χ0v) is 11.6. The molecule has 0 unspecified atom stereocenters. The fourth-order valence-electron chi connectivity index (χ4n) is 1.76. The average molecular weight is 263 g/mol. The molecule has 0 heterocycles. The SMILES string of the molecule is C=CCc1cc(C(=O)NCCCOC)ccc1OC. The predicted octanol–water partition coefficient (Wildman–Crippen LogP) is 2.19. The monoisotopic (exact) mass is 263 g/mol. The molecule has 0 bridgehead atoms. The van der Waals surface area contributed by atoms with E-state index >= 15 is 0 Å². The molecule has 0 radical (unpaired) electrons. The molecule has 0 saturated carbocycles. The van der Waals surface area contributed by atoms with Crippen molar-refractivity contribution >= 4 is 5.91 Å². The molecule has 0 spiro atoms. The number of amides is 1. The van der Waals surface area contributed by atoms with Crippen molar-refractivity contribution in [3.63, 3.8) is 0 Å². The number of nitrogens with one attached hydrogen (secondary N) is 1. The Hall–Kier alpha value is -1.81. The Morgan fingerprint density at radius 3 is 2.84 bits per heavy atom. The molecule has 0 saturated heterocycles.